The lowest BCUT2D eigenvalue weighted by Gasteiger charge is -1.98. The lowest BCUT2D eigenvalue weighted by atomic mass is 10.1. The summed E-state index contributed by atoms with van der Waals surface area (Å²) in [6.07, 6.45) is 17.4. The van der Waals surface area contributed by atoms with E-state index < -0.39 is 6.29 Å². The molecule has 0 aromatic heterocycles. The van der Waals surface area contributed by atoms with Gasteiger partial charge in [-0.2, -0.15) is 0 Å². The third-order valence-electron chi connectivity index (χ3n) is 4.04. The van der Waals surface area contributed by atoms with Crippen molar-refractivity contribution in [2.45, 2.75) is 116 Å². The van der Waals surface area contributed by atoms with Gasteiger partial charge >= 0.3 is 0 Å². The molecule has 0 aliphatic rings. The van der Waals surface area contributed by atoms with Gasteiger partial charge < -0.3 is 10.2 Å². The van der Waals surface area contributed by atoms with Crippen molar-refractivity contribution in [1.29, 1.82) is 0 Å². The highest BCUT2D eigenvalue weighted by atomic mass is 16.5. The molecule has 0 unspecified atom stereocenters. The molecule has 0 bridgehead atoms. The standard InChI is InChI=1S/C22H38O2/c1-2-3-4-5-6-7-8-9-10-11-12-13-14-15-16-17-18-19-20-21-22(23)24/h22-24H,2-9,12-18,21H2,1H3. The summed E-state index contributed by atoms with van der Waals surface area (Å²) < 4.78 is 0. The van der Waals surface area contributed by atoms with Crippen LogP contribution in [-0.2, 0) is 0 Å². The van der Waals surface area contributed by atoms with Crippen molar-refractivity contribution >= 4 is 0 Å². The van der Waals surface area contributed by atoms with Crippen LogP contribution in [0.15, 0.2) is 0 Å². The van der Waals surface area contributed by atoms with E-state index >= 15 is 0 Å². The van der Waals surface area contributed by atoms with Gasteiger partial charge in [0.15, 0.2) is 6.29 Å². The molecule has 0 aromatic carbocycles. The average Bonchev–Trinajstić information content (AvgIpc) is 2.56. The van der Waals surface area contributed by atoms with E-state index in [2.05, 4.69) is 30.6 Å². The van der Waals surface area contributed by atoms with E-state index in [0.29, 0.717) is 0 Å². The Hall–Kier alpha value is -0.960. The van der Waals surface area contributed by atoms with E-state index in [-0.39, 0.29) is 6.42 Å². The number of aliphatic hydroxyl groups excluding tert-OH is 1. The van der Waals surface area contributed by atoms with Crippen molar-refractivity contribution < 1.29 is 10.2 Å². The molecule has 0 spiro atoms. The summed E-state index contributed by atoms with van der Waals surface area (Å²) in [6, 6.07) is 0. The van der Waals surface area contributed by atoms with E-state index in [0.717, 1.165) is 25.7 Å². The molecule has 0 aliphatic heterocycles. The van der Waals surface area contributed by atoms with Crippen LogP contribution in [0.25, 0.3) is 0 Å². The number of hydrogen-bond donors (Lipinski definition) is 2. The number of unbranched alkanes of at least 4 members (excludes halogenated alkanes) is 13. The molecule has 0 saturated heterocycles. The molecule has 138 valence electrons. The predicted octanol–water partition coefficient (Wildman–Crippen LogP) is 5.57. The van der Waals surface area contributed by atoms with Gasteiger partial charge in [-0.05, 0) is 19.3 Å². The van der Waals surface area contributed by atoms with Crippen LogP contribution in [0.1, 0.15) is 110 Å². The van der Waals surface area contributed by atoms with E-state index in [1.807, 2.05) is 0 Å². The summed E-state index contributed by atoms with van der Waals surface area (Å²) in [5.74, 6) is 12.4. The van der Waals surface area contributed by atoms with Crippen molar-refractivity contribution in [1.82, 2.24) is 0 Å². The fourth-order valence-electron chi connectivity index (χ4n) is 2.56. The van der Waals surface area contributed by atoms with Crippen molar-refractivity contribution in [3.8, 4) is 23.7 Å². The molecule has 0 saturated carbocycles. The van der Waals surface area contributed by atoms with Crippen LogP contribution in [0.4, 0.5) is 0 Å². The van der Waals surface area contributed by atoms with E-state index in [1.165, 1.54) is 70.6 Å². The van der Waals surface area contributed by atoms with Crippen LogP contribution in [0.3, 0.4) is 0 Å². The normalized spacial score (nSPS) is 10.2. The maximum Gasteiger partial charge on any atom is 0.162 e. The fourth-order valence-corrected chi connectivity index (χ4v) is 2.56. The molecule has 0 amide bonds. The zero-order chi connectivity index (χ0) is 17.7. The Balaban J connectivity index is 3.18. The monoisotopic (exact) mass is 334 g/mol. The van der Waals surface area contributed by atoms with Crippen LogP contribution in [0, 0.1) is 23.7 Å². The first-order valence-corrected chi connectivity index (χ1v) is 10.0. The molecule has 24 heavy (non-hydrogen) atoms. The quantitative estimate of drug-likeness (QED) is 0.248. The number of hydrogen-bond acceptors (Lipinski definition) is 2. The Morgan fingerprint density at radius 3 is 1.33 bits per heavy atom. The smallest absolute Gasteiger partial charge is 0.162 e. The molecule has 0 aromatic rings. The van der Waals surface area contributed by atoms with Crippen LogP contribution < -0.4 is 0 Å². The molecule has 2 N–H and O–H groups in total. The Bertz CT molecular complexity index is 365. The number of rotatable bonds is 14. The molecule has 0 radical (unpaired) electrons. The average molecular weight is 335 g/mol. The third kappa shape index (κ3) is 21.0. The third-order valence-corrected chi connectivity index (χ3v) is 4.04. The van der Waals surface area contributed by atoms with Crippen LogP contribution >= 0.6 is 0 Å². The first kappa shape index (κ1) is 23.0. The van der Waals surface area contributed by atoms with E-state index in [9.17, 15) is 0 Å². The lowest BCUT2D eigenvalue weighted by Crippen LogP contribution is -2.00. The van der Waals surface area contributed by atoms with Crippen molar-refractivity contribution in [2.24, 2.45) is 0 Å². The second-order valence-corrected chi connectivity index (χ2v) is 6.53. The van der Waals surface area contributed by atoms with Crippen LogP contribution in [0.5, 0.6) is 0 Å². The van der Waals surface area contributed by atoms with Crippen molar-refractivity contribution in [3.63, 3.8) is 0 Å². The first-order valence-electron chi connectivity index (χ1n) is 10.0. The predicted molar refractivity (Wildman–Crippen MR) is 103 cm³/mol. The molecule has 0 heterocycles. The summed E-state index contributed by atoms with van der Waals surface area (Å²) in [6.45, 7) is 2.26. The van der Waals surface area contributed by atoms with Crippen molar-refractivity contribution in [3.05, 3.63) is 0 Å². The highest BCUT2D eigenvalue weighted by molar-refractivity contribution is 4.99. The molecule has 0 aliphatic carbocycles. The Kier molecular flexibility index (Phi) is 19.3. The minimum atomic E-state index is -1.29. The van der Waals surface area contributed by atoms with Gasteiger partial charge in [0.25, 0.3) is 0 Å². The van der Waals surface area contributed by atoms with Gasteiger partial charge in [0, 0.05) is 19.3 Å². The summed E-state index contributed by atoms with van der Waals surface area (Å²) in [5.41, 5.74) is 0. The topological polar surface area (TPSA) is 40.5 Å². The lowest BCUT2D eigenvalue weighted by molar-refractivity contribution is -0.0344. The minimum absolute atomic E-state index is 0.164. The summed E-state index contributed by atoms with van der Waals surface area (Å²) in [4.78, 5) is 0. The van der Waals surface area contributed by atoms with Gasteiger partial charge in [0.05, 0.1) is 6.42 Å². The second-order valence-electron chi connectivity index (χ2n) is 6.53. The Labute approximate surface area is 150 Å². The zero-order valence-corrected chi connectivity index (χ0v) is 15.8. The first-order chi connectivity index (χ1) is 11.8. The highest BCUT2D eigenvalue weighted by Crippen LogP contribution is 2.08. The maximum atomic E-state index is 8.64. The molecular formula is C22H38O2. The summed E-state index contributed by atoms with van der Waals surface area (Å²) >= 11 is 0. The molecule has 2 heteroatoms. The minimum Gasteiger partial charge on any atom is -0.367 e. The SMILES string of the molecule is CCCCCCCCCC#CCCCCCCCC#CCC(O)O. The highest BCUT2D eigenvalue weighted by Gasteiger charge is 1.91. The zero-order valence-electron chi connectivity index (χ0n) is 15.8. The van der Waals surface area contributed by atoms with Gasteiger partial charge in [-0.3, -0.25) is 0 Å². The maximum absolute atomic E-state index is 8.64. The van der Waals surface area contributed by atoms with Crippen LogP contribution in [-0.4, -0.2) is 16.5 Å². The molecule has 2 nitrogen and oxygen atoms in total. The fraction of sp³-hybridized carbons (Fsp3) is 0.818. The number of aliphatic hydroxyl groups is 2. The second kappa shape index (κ2) is 20.1. The van der Waals surface area contributed by atoms with Gasteiger partial charge in [0.1, 0.15) is 0 Å². The van der Waals surface area contributed by atoms with Gasteiger partial charge in [0.2, 0.25) is 0 Å². The summed E-state index contributed by atoms with van der Waals surface area (Å²) in [7, 11) is 0. The van der Waals surface area contributed by atoms with Gasteiger partial charge in [-0.25, -0.2) is 0 Å². The Morgan fingerprint density at radius 2 is 0.917 bits per heavy atom. The molecule has 0 rings (SSSR count). The van der Waals surface area contributed by atoms with Gasteiger partial charge in [-0.15, -0.1) is 17.8 Å². The summed E-state index contributed by atoms with van der Waals surface area (Å²) in [5, 5.41) is 17.3. The largest absolute Gasteiger partial charge is 0.367 e. The molecule has 0 atom stereocenters. The molecule has 0 fully saturated rings. The van der Waals surface area contributed by atoms with E-state index in [1.54, 1.807) is 0 Å². The van der Waals surface area contributed by atoms with E-state index in [4.69, 9.17) is 10.2 Å². The van der Waals surface area contributed by atoms with Gasteiger partial charge in [-0.1, -0.05) is 70.6 Å². The molecular weight excluding hydrogens is 296 g/mol. The Morgan fingerprint density at radius 1 is 0.542 bits per heavy atom. The van der Waals surface area contributed by atoms with Crippen molar-refractivity contribution in [2.75, 3.05) is 0 Å². The van der Waals surface area contributed by atoms with Crippen LogP contribution in [0.2, 0.25) is 0 Å².